The summed E-state index contributed by atoms with van der Waals surface area (Å²) in [7, 11) is 0. The van der Waals surface area contributed by atoms with E-state index in [0.717, 1.165) is 10.7 Å². The van der Waals surface area contributed by atoms with Crippen molar-refractivity contribution in [3.05, 3.63) is 46.9 Å². The summed E-state index contributed by atoms with van der Waals surface area (Å²) in [6.07, 6.45) is 0. The molecule has 2 rings (SSSR count). The van der Waals surface area contributed by atoms with Gasteiger partial charge in [0.1, 0.15) is 5.82 Å². The highest BCUT2D eigenvalue weighted by Gasteiger charge is 2.21. The number of nitrogens with zero attached hydrogens (tertiary/aromatic N) is 2. The number of anilines is 1. The van der Waals surface area contributed by atoms with Crippen LogP contribution in [-0.4, -0.2) is 15.7 Å². The van der Waals surface area contributed by atoms with Gasteiger partial charge in [-0.05, 0) is 19.1 Å². The number of benzene rings is 1. The molecule has 1 aromatic carbocycles. The van der Waals surface area contributed by atoms with Crippen molar-refractivity contribution >= 4 is 11.7 Å². The normalized spacial score (nSPS) is 10.7. The molecular formula is C11H8F3N3O. The van der Waals surface area contributed by atoms with Crippen LogP contribution in [0.15, 0.2) is 18.2 Å². The highest BCUT2D eigenvalue weighted by Crippen LogP contribution is 2.17. The van der Waals surface area contributed by atoms with Crippen molar-refractivity contribution in [2.24, 2.45) is 0 Å². The van der Waals surface area contributed by atoms with E-state index < -0.39 is 28.9 Å². The van der Waals surface area contributed by atoms with Gasteiger partial charge in [0.25, 0.3) is 5.91 Å². The molecule has 0 bridgehead atoms. The van der Waals surface area contributed by atoms with Crippen LogP contribution in [0.3, 0.4) is 0 Å². The van der Waals surface area contributed by atoms with E-state index in [4.69, 9.17) is 5.73 Å². The Bertz CT molecular complexity index is 637. The molecule has 0 amide bonds. The standard InChI is InChI=1S/C11H8F3N3O/c1-5-4-8(15)17(16-5)11(18)6-2-3-7(12)10(14)9(6)13/h2-4H,15H2,1H3. The minimum atomic E-state index is -1.71. The molecule has 4 nitrogen and oxygen atoms in total. The molecule has 0 radical (unpaired) electrons. The number of hydrogen-bond acceptors (Lipinski definition) is 3. The van der Waals surface area contributed by atoms with Gasteiger partial charge in [-0.2, -0.15) is 9.78 Å². The maximum Gasteiger partial charge on any atom is 0.283 e. The molecule has 2 N–H and O–H groups in total. The summed E-state index contributed by atoms with van der Waals surface area (Å²) in [5.41, 5.74) is 5.30. The van der Waals surface area contributed by atoms with Gasteiger partial charge in [-0.3, -0.25) is 4.79 Å². The summed E-state index contributed by atoms with van der Waals surface area (Å²) in [4.78, 5) is 11.9. The Morgan fingerprint density at radius 1 is 1.28 bits per heavy atom. The van der Waals surface area contributed by atoms with Crippen LogP contribution in [0.25, 0.3) is 0 Å². The number of carbonyl (C=O) groups is 1. The molecule has 0 fully saturated rings. The minimum Gasteiger partial charge on any atom is -0.383 e. The molecule has 1 heterocycles. The van der Waals surface area contributed by atoms with Gasteiger partial charge in [-0.1, -0.05) is 0 Å². The van der Waals surface area contributed by atoms with Gasteiger partial charge in [-0.15, -0.1) is 0 Å². The maximum absolute atomic E-state index is 13.4. The van der Waals surface area contributed by atoms with Crippen molar-refractivity contribution in [3.8, 4) is 0 Å². The zero-order valence-corrected chi connectivity index (χ0v) is 9.25. The van der Waals surface area contributed by atoms with Crippen molar-refractivity contribution < 1.29 is 18.0 Å². The fourth-order valence-corrected chi connectivity index (χ4v) is 1.49. The van der Waals surface area contributed by atoms with Gasteiger partial charge in [0.15, 0.2) is 17.5 Å². The minimum absolute atomic E-state index is 0.0124. The van der Waals surface area contributed by atoms with Crippen molar-refractivity contribution in [1.82, 2.24) is 9.78 Å². The monoisotopic (exact) mass is 255 g/mol. The van der Waals surface area contributed by atoms with Crippen LogP contribution in [0, 0.1) is 24.4 Å². The van der Waals surface area contributed by atoms with Gasteiger partial charge in [-0.25, -0.2) is 13.2 Å². The Kier molecular flexibility index (Phi) is 2.82. The molecule has 1 aromatic heterocycles. The molecule has 0 unspecified atom stereocenters. The van der Waals surface area contributed by atoms with Crippen molar-refractivity contribution in [1.29, 1.82) is 0 Å². The van der Waals surface area contributed by atoms with E-state index in [1.807, 2.05) is 0 Å². The van der Waals surface area contributed by atoms with Crippen molar-refractivity contribution in [2.45, 2.75) is 6.92 Å². The number of aromatic nitrogens is 2. The van der Waals surface area contributed by atoms with Crippen LogP contribution in [-0.2, 0) is 0 Å². The second-order valence-corrected chi connectivity index (χ2v) is 3.65. The number of hydrogen-bond donors (Lipinski definition) is 1. The van der Waals surface area contributed by atoms with E-state index in [0.29, 0.717) is 11.8 Å². The molecule has 0 atom stereocenters. The van der Waals surface area contributed by atoms with E-state index in [1.54, 1.807) is 6.92 Å². The molecule has 0 spiro atoms. The average molecular weight is 255 g/mol. The van der Waals surface area contributed by atoms with E-state index in [1.165, 1.54) is 6.07 Å². The third-order valence-electron chi connectivity index (χ3n) is 2.32. The number of aryl methyl sites for hydroxylation is 1. The Morgan fingerprint density at radius 2 is 1.94 bits per heavy atom. The number of rotatable bonds is 1. The molecular weight excluding hydrogens is 247 g/mol. The van der Waals surface area contributed by atoms with Crippen LogP contribution in [0.2, 0.25) is 0 Å². The van der Waals surface area contributed by atoms with E-state index in [2.05, 4.69) is 5.10 Å². The van der Waals surface area contributed by atoms with E-state index >= 15 is 0 Å². The van der Waals surface area contributed by atoms with Gasteiger partial charge < -0.3 is 5.73 Å². The number of halogens is 3. The lowest BCUT2D eigenvalue weighted by Crippen LogP contribution is -2.18. The van der Waals surface area contributed by atoms with Crippen LogP contribution >= 0.6 is 0 Å². The predicted octanol–water partition coefficient (Wildman–Crippen LogP) is 1.88. The predicted molar refractivity (Wildman–Crippen MR) is 57.4 cm³/mol. The Morgan fingerprint density at radius 3 is 2.50 bits per heavy atom. The second-order valence-electron chi connectivity index (χ2n) is 3.65. The van der Waals surface area contributed by atoms with Crippen molar-refractivity contribution in [3.63, 3.8) is 0 Å². The first-order chi connectivity index (χ1) is 8.41. The van der Waals surface area contributed by atoms with Crippen LogP contribution in [0.4, 0.5) is 19.0 Å². The Labute approximate surface area is 99.8 Å². The highest BCUT2D eigenvalue weighted by molar-refractivity contribution is 5.97. The lowest BCUT2D eigenvalue weighted by Gasteiger charge is -2.05. The first-order valence-electron chi connectivity index (χ1n) is 4.92. The summed E-state index contributed by atoms with van der Waals surface area (Å²) in [5, 5.41) is 3.74. The molecule has 2 aromatic rings. The van der Waals surface area contributed by atoms with Gasteiger partial charge in [0, 0.05) is 6.07 Å². The summed E-state index contributed by atoms with van der Waals surface area (Å²) >= 11 is 0. The second kappa shape index (κ2) is 4.17. The lowest BCUT2D eigenvalue weighted by atomic mass is 10.2. The first kappa shape index (κ1) is 12.2. The van der Waals surface area contributed by atoms with Crippen LogP contribution in [0.5, 0.6) is 0 Å². The van der Waals surface area contributed by atoms with Gasteiger partial charge in [0.2, 0.25) is 0 Å². The number of nitrogens with two attached hydrogens (primary N) is 1. The van der Waals surface area contributed by atoms with Gasteiger partial charge >= 0.3 is 0 Å². The summed E-state index contributed by atoms with van der Waals surface area (Å²) in [6.45, 7) is 1.59. The molecule has 0 aliphatic rings. The zero-order chi connectivity index (χ0) is 13.4. The third kappa shape index (κ3) is 1.83. The smallest absolute Gasteiger partial charge is 0.283 e. The molecule has 0 aliphatic heterocycles. The third-order valence-corrected chi connectivity index (χ3v) is 2.32. The van der Waals surface area contributed by atoms with Crippen molar-refractivity contribution in [2.75, 3.05) is 5.73 Å². The van der Waals surface area contributed by atoms with Crippen LogP contribution < -0.4 is 5.73 Å². The summed E-state index contributed by atoms with van der Waals surface area (Å²) in [5.74, 6) is -5.61. The fraction of sp³-hybridized carbons (Fsp3) is 0.0909. The van der Waals surface area contributed by atoms with Gasteiger partial charge in [0.05, 0.1) is 11.3 Å². The fourth-order valence-electron chi connectivity index (χ4n) is 1.49. The molecule has 94 valence electrons. The maximum atomic E-state index is 13.4. The molecule has 0 saturated carbocycles. The largest absolute Gasteiger partial charge is 0.383 e. The van der Waals surface area contributed by atoms with E-state index in [-0.39, 0.29) is 5.82 Å². The average Bonchev–Trinajstić information content (AvgIpc) is 2.65. The van der Waals surface area contributed by atoms with Crippen LogP contribution in [0.1, 0.15) is 16.1 Å². The topological polar surface area (TPSA) is 60.9 Å². The zero-order valence-electron chi connectivity index (χ0n) is 9.25. The number of carbonyl (C=O) groups excluding carboxylic acids is 1. The summed E-state index contributed by atoms with van der Waals surface area (Å²) < 4.78 is 39.9. The van der Waals surface area contributed by atoms with E-state index in [9.17, 15) is 18.0 Å². The first-order valence-corrected chi connectivity index (χ1v) is 4.92. The summed E-state index contributed by atoms with van der Waals surface area (Å²) in [6, 6.07) is 2.90. The lowest BCUT2D eigenvalue weighted by molar-refractivity contribution is 0.0942. The SMILES string of the molecule is Cc1cc(N)n(C(=O)c2ccc(F)c(F)c2F)n1. The molecule has 18 heavy (non-hydrogen) atoms. The quantitative estimate of drug-likeness (QED) is 0.791. The molecule has 0 saturated heterocycles. The molecule has 0 aliphatic carbocycles. The highest BCUT2D eigenvalue weighted by atomic mass is 19.2. The Balaban J connectivity index is 2.53. The Hall–Kier alpha value is -2.31. The molecule has 7 heteroatoms. The number of nitrogen functional groups attached to an aromatic ring is 1.